The van der Waals surface area contributed by atoms with E-state index in [9.17, 15) is 13.2 Å². The molecule has 1 heterocycles. The Kier molecular flexibility index (Phi) is 6.15. The molecule has 0 aliphatic carbocycles. The first-order chi connectivity index (χ1) is 10.9. The second-order valence-electron chi connectivity index (χ2n) is 5.90. The van der Waals surface area contributed by atoms with Crippen molar-refractivity contribution in [3.63, 3.8) is 0 Å². The van der Waals surface area contributed by atoms with Crippen LogP contribution >= 0.6 is 0 Å². The van der Waals surface area contributed by atoms with Crippen molar-refractivity contribution in [3.8, 4) is 0 Å². The largest absolute Gasteiger partial charge is 0.376 e. The highest BCUT2D eigenvalue weighted by Crippen LogP contribution is 2.13. The molecule has 0 bridgehead atoms. The van der Waals surface area contributed by atoms with Crippen molar-refractivity contribution in [2.45, 2.75) is 32.4 Å². The van der Waals surface area contributed by atoms with Gasteiger partial charge in [-0.2, -0.15) is 4.31 Å². The van der Waals surface area contributed by atoms with Gasteiger partial charge in [0, 0.05) is 19.7 Å². The second kappa shape index (κ2) is 7.90. The average Bonchev–Trinajstić information content (AvgIpc) is 2.99. The maximum atomic E-state index is 12.1. The minimum atomic E-state index is -3.47. The van der Waals surface area contributed by atoms with E-state index >= 15 is 0 Å². The van der Waals surface area contributed by atoms with Gasteiger partial charge in [-0.3, -0.25) is 4.79 Å². The van der Waals surface area contributed by atoms with Crippen molar-refractivity contribution in [2.75, 3.05) is 26.0 Å². The van der Waals surface area contributed by atoms with Gasteiger partial charge >= 0.3 is 0 Å². The van der Waals surface area contributed by atoms with Crippen LogP contribution in [0.15, 0.2) is 24.3 Å². The van der Waals surface area contributed by atoms with Crippen LogP contribution in [-0.4, -0.2) is 50.7 Å². The van der Waals surface area contributed by atoms with Gasteiger partial charge in [-0.1, -0.05) is 24.3 Å². The highest BCUT2D eigenvalue weighted by Gasteiger charge is 2.22. The van der Waals surface area contributed by atoms with E-state index in [1.807, 2.05) is 31.2 Å². The van der Waals surface area contributed by atoms with Gasteiger partial charge in [0.25, 0.3) is 0 Å². The topological polar surface area (TPSA) is 75.7 Å². The Balaban J connectivity index is 1.95. The van der Waals surface area contributed by atoms with E-state index in [-0.39, 0.29) is 25.1 Å². The van der Waals surface area contributed by atoms with E-state index in [1.54, 1.807) is 0 Å². The fraction of sp³-hybridized carbons (Fsp3) is 0.562. The van der Waals surface area contributed by atoms with Crippen molar-refractivity contribution in [3.05, 3.63) is 35.4 Å². The van der Waals surface area contributed by atoms with Gasteiger partial charge in [0.2, 0.25) is 15.9 Å². The molecule has 0 saturated carbocycles. The molecule has 1 atom stereocenters. The SMILES string of the molecule is Cc1ccccc1CN(CC(=O)NCC1CCCO1)S(C)(=O)=O. The fourth-order valence-corrected chi connectivity index (χ4v) is 3.24. The van der Waals surface area contributed by atoms with E-state index in [1.165, 1.54) is 4.31 Å². The molecule has 1 aliphatic heterocycles. The summed E-state index contributed by atoms with van der Waals surface area (Å²) in [6.07, 6.45) is 3.10. The first-order valence-electron chi connectivity index (χ1n) is 7.74. The number of sulfonamides is 1. The summed E-state index contributed by atoms with van der Waals surface area (Å²) in [6, 6.07) is 7.56. The van der Waals surface area contributed by atoms with Gasteiger partial charge in [-0.15, -0.1) is 0 Å². The van der Waals surface area contributed by atoms with Gasteiger partial charge < -0.3 is 10.1 Å². The molecule has 1 amide bonds. The maximum absolute atomic E-state index is 12.1. The minimum Gasteiger partial charge on any atom is -0.376 e. The predicted octanol–water partition coefficient (Wildman–Crippen LogP) is 1.05. The summed E-state index contributed by atoms with van der Waals surface area (Å²) in [5, 5.41) is 2.76. The zero-order chi connectivity index (χ0) is 16.9. The van der Waals surface area contributed by atoms with Gasteiger partial charge in [-0.25, -0.2) is 8.42 Å². The molecule has 6 nitrogen and oxygen atoms in total. The number of hydrogen-bond donors (Lipinski definition) is 1. The number of nitrogens with zero attached hydrogens (tertiary/aromatic N) is 1. The lowest BCUT2D eigenvalue weighted by Gasteiger charge is -2.21. The first-order valence-corrected chi connectivity index (χ1v) is 9.59. The third-order valence-electron chi connectivity index (χ3n) is 3.95. The van der Waals surface area contributed by atoms with E-state index in [2.05, 4.69) is 5.32 Å². The monoisotopic (exact) mass is 340 g/mol. The van der Waals surface area contributed by atoms with Crippen LogP contribution in [0.2, 0.25) is 0 Å². The number of carbonyl (C=O) groups excluding carboxylic acids is 1. The number of rotatable bonds is 7. The third-order valence-corrected chi connectivity index (χ3v) is 5.14. The Bertz CT molecular complexity index is 639. The summed E-state index contributed by atoms with van der Waals surface area (Å²) in [6.45, 7) is 3.09. The summed E-state index contributed by atoms with van der Waals surface area (Å²) in [7, 11) is -3.47. The van der Waals surface area contributed by atoms with Crippen molar-refractivity contribution < 1.29 is 17.9 Å². The minimum absolute atomic E-state index is 0.0435. The van der Waals surface area contributed by atoms with Crippen LogP contribution in [0.5, 0.6) is 0 Å². The van der Waals surface area contributed by atoms with Crippen LogP contribution in [0.1, 0.15) is 24.0 Å². The van der Waals surface area contributed by atoms with Crippen molar-refractivity contribution >= 4 is 15.9 Å². The van der Waals surface area contributed by atoms with Crippen LogP contribution < -0.4 is 5.32 Å². The molecular formula is C16H24N2O4S. The fourth-order valence-electron chi connectivity index (χ4n) is 2.52. The lowest BCUT2D eigenvalue weighted by molar-refractivity contribution is -0.121. The van der Waals surface area contributed by atoms with E-state index in [0.29, 0.717) is 6.54 Å². The highest BCUT2D eigenvalue weighted by molar-refractivity contribution is 7.88. The highest BCUT2D eigenvalue weighted by atomic mass is 32.2. The number of hydrogen-bond acceptors (Lipinski definition) is 4. The first kappa shape index (κ1) is 17.9. The average molecular weight is 340 g/mol. The molecule has 0 aromatic heterocycles. The van der Waals surface area contributed by atoms with Crippen molar-refractivity contribution in [1.29, 1.82) is 0 Å². The van der Waals surface area contributed by atoms with Crippen LogP contribution in [0.25, 0.3) is 0 Å². The van der Waals surface area contributed by atoms with E-state index < -0.39 is 10.0 Å². The maximum Gasteiger partial charge on any atom is 0.235 e. The van der Waals surface area contributed by atoms with Crippen LogP contribution in [0.4, 0.5) is 0 Å². The lowest BCUT2D eigenvalue weighted by Crippen LogP contribution is -2.42. The molecule has 0 spiro atoms. The quantitative estimate of drug-likeness (QED) is 0.805. The Morgan fingerprint density at radius 1 is 1.39 bits per heavy atom. The third kappa shape index (κ3) is 5.60. The molecule has 7 heteroatoms. The number of benzene rings is 1. The molecular weight excluding hydrogens is 316 g/mol. The molecule has 1 N–H and O–H groups in total. The van der Waals surface area contributed by atoms with Crippen LogP contribution in [0.3, 0.4) is 0 Å². The molecule has 1 aromatic carbocycles. The number of nitrogens with one attached hydrogen (secondary N) is 1. The molecule has 1 aromatic rings. The Labute approximate surface area is 137 Å². The van der Waals surface area contributed by atoms with Crippen LogP contribution in [-0.2, 0) is 26.1 Å². The summed E-state index contributed by atoms with van der Waals surface area (Å²) in [4.78, 5) is 12.1. The Hall–Kier alpha value is -1.44. The number of carbonyl (C=O) groups is 1. The molecule has 1 unspecified atom stereocenters. The summed E-state index contributed by atoms with van der Waals surface area (Å²) >= 11 is 0. The van der Waals surface area contributed by atoms with E-state index in [4.69, 9.17) is 4.74 Å². The van der Waals surface area contributed by atoms with Crippen molar-refractivity contribution in [2.24, 2.45) is 0 Å². The normalized spacial score (nSPS) is 18.3. The molecule has 1 fully saturated rings. The van der Waals surface area contributed by atoms with Gasteiger partial charge in [0.05, 0.1) is 18.9 Å². The second-order valence-corrected chi connectivity index (χ2v) is 7.88. The Morgan fingerprint density at radius 3 is 2.74 bits per heavy atom. The van der Waals surface area contributed by atoms with Gasteiger partial charge in [-0.05, 0) is 30.9 Å². The van der Waals surface area contributed by atoms with E-state index in [0.717, 1.165) is 36.8 Å². The molecule has 23 heavy (non-hydrogen) atoms. The van der Waals surface area contributed by atoms with Crippen molar-refractivity contribution in [1.82, 2.24) is 9.62 Å². The summed E-state index contributed by atoms with van der Waals surface area (Å²) < 4.78 is 30.6. The standard InChI is InChI=1S/C16H24N2O4S/c1-13-6-3-4-7-14(13)11-18(23(2,20)21)12-16(19)17-10-15-8-5-9-22-15/h3-4,6-7,15H,5,8-12H2,1-2H3,(H,17,19). The lowest BCUT2D eigenvalue weighted by atomic mass is 10.1. The predicted molar refractivity (Wildman–Crippen MR) is 88.4 cm³/mol. The Morgan fingerprint density at radius 2 is 2.13 bits per heavy atom. The summed E-state index contributed by atoms with van der Waals surface area (Å²) in [5.74, 6) is -0.306. The van der Waals surface area contributed by atoms with Gasteiger partial charge in [0.1, 0.15) is 0 Å². The smallest absolute Gasteiger partial charge is 0.235 e. The molecule has 0 radical (unpaired) electrons. The molecule has 128 valence electrons. The zero-order valence-corrected chi connectivity index (χ0v) is 14.4. The molecule has 1 aliphatic rings. The number of aryl methyl sites for hydroxylation is 1. The van der Waals surface area contributed by atoms with Crippen LogP contribution in [0, 0.1) is 6.92 Å². The molecule has 2 rings (SSSR count). The number of amides is 1. The number of ether oxygens (including phenoxy) is 1. The summed E-state index contributed by atoms with van der Waals surface area (Å²) in [5.41, 5.74) is 1.89. The zero-order valence-electron chi connectivity index (χ0n) is 13.6. The molecule has 1 saturated heterocycles. The van der Waals surface area contributed by atoms with Gasteiger partial charge in [0.15, 0.2) is 0 Å².